The average Bonchev–Trinajstić information content (AvgIpc) is 2.74. The maximum Gasteiger partial charge on any atom is 0.134 e. The Hall–Kier alpha value is -1.96. The van der Waals surface area contributed by atoms with E-state index in [-0.39, 0.29) is 5.56 Å². The third-order valence-corrected chi connectivity index (χ3v) is 7.49. The quantitative estimate of drug-likeness (QED) is 0.435. The summed E-state index contributed by atoms with van der Waals surface area (Å²) in [5.41, 5.74) is 2.77. The topological polar surface area (TPSA) is 0 Å². The van der Waals surface area contributed by atoms with Gasteiger partial charge in [0.1, 0.15) is 11.6 Å². The summed E-state index contributed by atoms with van der Waals surface area (Å²) in [6.07, 6.45) is 13.4. The Morgan fingerprint density at radius 2 is 1.57 bits per heavy atom. The summed E-state index contributed by atoms with van der Waals surface area (Å²) >= 11 is 0. The summed E-state index contributed by atoms with van der Waals surface area (Å²) in [7, 11) is 0. The lowest BCUT2D eigenvalue weighted by molar-refractivity contribution is 0.124. The minimum atomic E-state index is -0.425. The van der Waals surface area contributed by atoms with E-state index < -0.39 is 11.6 Å². The van der Waals surface area contributed by atoms with E-state index >= 15 is 8.78 Å². The lowest BCUT2D eigenvalue weighted by Gasteiger charge is -2.41. The smallest absolute Gasteiger partial charge is 0.134 e. The molecule has 0 spiro atoms. The Bertz CT molecular complexity index is 857. The van der Waals surface area contributed by atoms with Crippen molar-refractivity contribution in [1.82, 2.24) is 0 Å². The molecule has 0 bridgehead atoms. The Labute approximate surface area is 180 Å². The van der Waals surface area contributed by atoms with E-state index in [0.29, 0.717) is 11.5 Å². The predicted molar refractivity (Wildman–Crippen MR) is 122 cm³/mol. The first-order valence-electron chi connectivity index (χ1n) is 11.7. The number of hydrogen-bond acceptors (Lipinski definition) is 0. The van der Waals surface area contributed by atoms with Crippen LogP contribution < -0.4 is 0 Å². The second-order valence-corrected chi connectivity index (χ2v) is 9.61. The van der Waals surface area contributed by atoms with Gasteiger partial charge < -0.3 is 0 Å². The highest BCUT2D eigenvalue weighted by atomic mass is 19.1. The van der Waals surface area contributed by atoms with Gasteiger partial charge in [0, 0.05) is 0 Å². The molecule has 2 fully saturated rings. The van der Waals surface area contributed by atoms with Gasteiger partial charge in [-0.05, 0) is 104 Å². The molecule has 2 aromatic rings. The Balaban J connectivity index is 1.50. The molecule has 2 aliphatic rings. The second-order valence-electron chi connectivity index (χ2n) is 9.61. The number of allylic oxidation sites excluding steroid dienone is 2. The van der Waals surface area contributed by atoms with Crippen LogP contribution in [0.15, 0.2) is 48.6 Å². The molecule has 2 aliphatic carbocycles. The van der Waals surface area contributed by atoms with Gasteiger partial charge in [0.15, 0.2) is 0 Å². The van der Waals surface area contributed by atoms with Crippen molar-refractivity contribution in [2.45, 2.75) is 71.1 Å². The van der Waals surface area contributed by atoms with E-state index in [2.05, 4.69) is 13.0 Å². The van der Waals surface area contributed by atoms with Gasteiger partial charge in [-0.3, -0.25) is 0 Å². The predicted octanol–water partition coefficient (Wildman–Crippen LogP) is 8.46. The molecule has 4 atom stereocenters. The van der Waals surface area contributed by atoms with Crippen LogP contribution >= 0.6 is 0 Å². The Morgan fingerprint density at radius 1 is 0.900 bits per heavy atom. The third kappa shape index (κ3) is 4.68. The lowest BCUT2D eigenvalue weighted by atomic mass is 9.64. The highest BCUT2D eigenvalue weighted by molar-refractivity contribution is 5.65. The first kappa shape index (κ1) is 21.3. The highest BCUT2D eigenvalue weighted by Crippen LogP contribution is 2.48. The number of halogens is 2. The summed E-state index contributed by atoms with van der Waals surface area (Å²) < 4.78 is 30.1. The minimum Gasteiger partial charge on any atom is -0.206 e. The van der Waals surface area contributed by atoms with E-state index in [1.807, 2.05) is 37.3 Å². The molecule has 0 radical (unpaired) electrons. The third-order valence-electron chi connectivity index (χ3n) is 7.49. The number of rotatable bonds is 5. The van der Waals surface area contributed by atoms with Crippen LogP contribution in [-0.2, 0) is 6.42 Å². The summed E-state index contributed by atoms with van der Waals surface area (Å²) in [4.78, 5) is 0. The van der Waals surface area contributed by atoms with Crippen LogP contribution in [0.3, 0.4) is 0 Å². The zero-order valence-corrected chi connectivity index (χ0v) is 18.3. The van der Waals surface area contributed by atoms with E-state index in [0.717, 1.165) is 49.0 Å². The second kappa shape index (κ2) is 9.45. The van der Waals surface area contributed by atoms with Crippen molar-refractivity contribution in [3.05, 3.63) is 71.3 Å². The van der Waals surface area contributed by atoms with Gasteiger partial charge in [0.25, 0.3) is 0 Å². The molecule has 0 N–H and O–H groups in total. The van der Waals surface area contributed by atoms with Crippen molar-refractivity contribution in [3.63, 3.8) is 0 Å². The maximum atomic E-state index is 15.0. The van der Waals surface area contributed by atoms with Gasteiger partial charge in [0.05, 0.1) is 5.56 Å². The van der Waals surface area contributed by atoms with Crippen molar-refractivity contribution >= 4 is 0 Å². The molecule has 0 aromatic heterocycles. The monoisotopic (exact) mass is 408 g/mol. The van der Waals surface area contributed by atoms with E-state index in [9.17, 15) is 0 Å². The van der Waals surface area contributed by atoms with Crippen molar-refractivity contribution in [2.75, 3.05) is 0 Å². The molecule has 2 aromatic carbocycles. The summed E-state index contributed by atoms with van der Waals surface area (Å²) in [6, 6.07) is 10.9. The molecule has 30 heavy (non-hydrogen) atoms. The van der Waals surface area contributed by atoms with E-state index in [4.69, 9.17) is 0 Å². The van der Waals surface area contributed by atoms with Gasteiger partial charge in [-0.1, -0.05) is 49.8 Å². The molecule has 0 aliphatic heterocycles. The zero-order valence-electron chi connectivity index (χ0n) is 18.3. The molecule has 2 heteroatoms. The fraction of sp³-hybridized carbons (Fsp3) is 0.500. The summed E-state index contributed by atoms with van der Waals surface area (Å²) in [6.45, 7) is 4.38. The van der Waals surface area contributed by atoms with Gasteiger partial charge in [-0.15, -0.1) is 0 Å². The molecule has 0 amide bonds. The molecule has 1 unspecified atom stereocenters. The van der Waals surface area contributed by atoms with Gasteiger partial charge in [-0.2, -0.15) is 0 Å². The average molecular weight is 409 g/mol. The fourth-order valence-corrected chi connectivity index (χ4v) is 5.79. The van der Waals surface area contributed by atoms with E-state index in [1.165, 1.54) is 31.2 Å². The van der Waals surface area contributed by atoms with Crippen LogP contribution in [0, 0.1) is 29.4 Å². The number of hydrogen-bond donors (Lipinski definition) is 0. The van der Waals surface area contributed by atoms with Crippen LogP contribution in [0.5, 0.6) is 0 Å². The summed E-state index contributed by atoms with van der Waals surface area (Å²) in [5.74, 6) is 1.85. The summed E-state index contributed by atoms with van der Waals surface area (Å²) in [5, 5.41) is 0. The van der Waals surface area contributed by atoms with Crippen molar-refractivity contribution in [1.29, 1.82) is 0 Å². The van der Waals surface area contributed by atoms with Gasteiger partial charge in [0.2, 0.25) is 0 Å². The molecule has 0 saturated heterocycles. The zero-order chi connectivity index (χ0) is 21.1. The minimum absolute atomic E-state index is 0.110. The molecule has 4 rings (SSSR count). The normalized spacial score (nSPS) is 26.7. The van der Waals surface area contributed by atoms with Crippen LogP contribution in [0.1, 0.15) is 75.8 Å². The molecule has 0 nitrogen and oxygen atoms in total. The molecule has 160 valence electrons. The van der Waals surface area contributed by atoms with Crippen LogP contribution in [0.4, 0.5) is 8.78 Å². The molecule has 2 saturated carbocycles. The first-order chi connectivity index (χ1) is 14.5. The largest absolute Gasteiger partial charge is 0.206 e. The SMILES string of the molecule is C/C=C/CCc1ccc(-c2c(F)cc([C@@H]3CC[C@@H]4CC(C)CC[C@@H]4C3)cc2F)cc1. The fourth-order valence-electron chi connectivity index (χ4n) is 5.79. The first-order valence-corrected chi connectivity index (χ1v) is 11.7. The molecular formula is C28H34F2. The van der Waals surface area contributed by atoms with E-state index in [1.54, 1.807) is 12.1 Å². The number of aryl methyl sites for hydroxylation is 1. The van der Waals surface area contributed by atoms with Gasteiger partial charge >= 0.3 is 0 Å². The van der Waals surface area contributed by atoms with Crippen LogP contribution in [0.2, 0.25) is 0 Å². The lowest BCUT2D eigenvalue weighted by Crippen LogP contribution is -2.29. The van der Waals surface area contributed by atoms with Crippen molar-refractivity contribution < 1.29 is 8.78 Å². The highest BCUT2D eigenvalue weighted by Gasteiger charge is 2.35. The van der Waals surface area contributed by atoms with Crippen molar-refractivity contribution in [3.8, 4) is 11.1 Å². The van der Waals surface area contributed by atoms with Crippen LogP contribution in [0.25, 0.3) is 11.1 Å². The number of benzene rings is 2. The molecular weight excluding hydrogens is 374 g/mol. The Kier molecular flexibility index (Phi) is 6.71. The molecule has 0 heterocycles. The standard InChI is InChI=1S/C28H34F2/c1-3-4-5-6-20-8-11-21(12-9-20)28-26(29)17-25(18-27(28)30)24-14-13-22-15-19(2)7-10-23(22)16-24/h3-4,8-9,11-12,17-19,22-24H,5-7,10,13-16H2,1-2H3/b4-3+/t19?,22-,23-,24-/m1/s1. The van der Waals surface area contributed by atoms with Crippen LogP contribution in [-0.4, -0.2) is 0 Å². The van der Waals surface area contributed by atoms with Crippen molar-refractivity contribution in [2.24, 2.45) is 17.8 Å². The Morgan fingerprint density at radius 3 is 2.27 bits per heavy atom. The number of fused-ring (bicyclic) bond motifs is 1. The van der Waals surface area contributed by atoms with Gasteiger partial charge in [-0.25, -0.2) is 8.78 Å². The maximum absolute atomic E-state index is 15.0.